The van der Waals surface area contributed by atoms with Crippen LogP contribution in [-0.4, -0.2) is 25.8 Å². The van der Waals surface area contributed by atoms with Gasteiger partial charge in [-0.15, -0.1) is 0 Å². The van der Waals surface area contributed by atoms with Crippen molar-refractivity contribution in [2.24, 2.45) is 0 Å². The molecule has 17 heavy (non-hydrogen) atoms. The van der Waals surface area contributed by atoms with E-state index < -0.39 is 16.1 Å². The molecule has 0 radical (unpaired) electrons. The van der Waals surface area contributed by atoms with Crippen molar-refractivity contribution in [3.63, 3.8) is 0 Å². The summed E-state index contributed by atoms with van der Waals surface area (Å²) in [6.45, 7) is 1.50. The second-order valence-corrected chi connectivity index (χ2v) is 5.46. The molecule has 0 saturated heterocycles. The van der Waals surface area contributed by atoms with Gasteiger partial charge in [0, 0.05) is 7.05 Å². The highest BCUT2D eigenvalue weighted by atomic mass is 32.2. The van der Waals surface area contributed by atoms with Gasteiger partial charge in [-0.05, 0) is 31.2 Å². The highest BCUT2D eigenvalue weighted by Gasteiger charge is 2.24. The van der Waals surface area contributed by atoms with E-state index in [1.54, 1.807) is 0 Å². The van der Waals surface area contributed by atoms with E-state index in [9.17, 15) is 8.42 Å². The highest BCUT2D eigenvalue weighted by Crippen LogP contribution is 2.16. The van der Waals surface area contributed by atoms with Gasteiger partial charge in [0.1, 0.15) is 6.04 Å². The van der Waals surface area contributed by atoms with Crippen LogP contribution in [0.5, 0.6) is 0 Å². The number of nitrogens with zero attached hydrogens (tertiary/aromatic N) is 3. The van der Waals surface area contributed by atoms with E-state index in [1.807, 2.05) is 12.1 Å². The highest BCUT2D eigenvalue weighted by molar-refractivity contribution is 7.89. The summed E-state index contributed by atoms with van der Waals surface area (Å²) in [5.74, 6) is 0. The monoisotopic (exact) mass is 249 g/mol. The summed E-state index contributed by atoms with van der Waals surface area (Å²) < 4.78 is 25.0. The molecule has 1 aromatic rings. The van der Waals surface area contributed by atoms with Crippen LogP contribution in [0.25, 0.3) is 0 Å². The predicted octanol–water partition coefficient (Wildman–Crippen LogP) is 1.09. The first kappa shape index (κ1) is 13.2. The molecular formula is C11H11N3O2S. The lowest BCUT2D eigenvalue weighted by Crippen LogP contribution is -2.34. The van der Waals surface area contributed by atoms with Gasteiger partial charge >= 0.3 is 0 Å². The first-order chi connectivity index (χ1) is 7.93. The molecule has 0 heterocycles. The molecule has 0 N–H and O–H groups in total. The van der Waals surface area contributed by atoms with Gasteiger partial charge in [0.05, 0.1) is 22.6 Å². The molecular weight excluding hydrogens is 238 g/mol. The minimum Gasteiger partial charge on any atom is -0.207 e. The average Bonchev–Trinajstić information content (AvgIpc) is 2.36. The number of benzene rings is 1. The summed E-state index contributed by atoms with van der Waals surface area (Å²) in [7, 11) is -2.33. The molecule has 1 atom stereocenters. The fraction of sp³-hybridized carbons (Fsp3) is 0.273. The Labute approximate surface area is 101 Å². The van der Waals surface area contributed by atoms with Crippen molar-refractivity contribution in [2.75, 3.05) is 7.05 Å². The third-order valence-electron chi connectivity index (χ3n) is 2.39. The Bertz CT molecular complexity index is 579. The van der Waals surface area contributed by atoms with Crippen molar-refractivity contribution >= 4 is 10.0 Å². The minimum absolute atomic E-state index is 0.0705. The normalized spacial score (nSPS) is 12.8. The molecule has 0 spiro atoms. The molecule has 0 saturated carbocycles. The molecule has 0 aliphatic rings. The van der Waals surface area contributed by atoms with Crippen molar-refractivity contribution in [2.45, 2.75) is 17.9 Å². The first-order valence-electron chi connectivity index (χ1n) is 4.81. The Hall–Kier alpha value is -1.89. The lowest BCUT2D eigenvalue weighted by Gasteiger charge is -2.18. The summed E-state index contributed by atoms with van der Waals surface area (Å²) in [6.07, 6.45) is 0. The van der Waals surface area contributed by atoms with Crippen molar-refractivity contribution in [1.29, 1.82) is 10.5 Å². The molecule has 0 aliphatic heterocycles. The number of hydrogen-bond acceptors (Lipinski definition) is 4. The standard InChI is InChI=1S/C11H11N3O2S/c1-9(7-12)14(2)17(15,16)11-5-3-10(8-13)4-6-11/h3-6,9H,1-2H3. The second kappa shape index (κ2) is 4.96. The summed E-state index contributed by atoms with van der Waals surface area (Å²) in [4.78, 5) is 0.0705. The Morgan fingerprint density at radius 2 is 1.76 bits per heavy atom. The van der Waals surface area contributed by atoms with Gasteiger partial charge in [-0.3, -0.25) is 0 Å². The van der Waals surface area contributed by atoms with Gasteiger partial charge in [-0.2, -0.15) is 14.8 Å². The summed E-state index contributed by atoms with van der Waals surface area (Å²) in [5.41, 5.74) is 0.389. The third kappa shape index (κ3) is 2.62. The van der Waals surface area contributed by atoms with Crippen LogP contribution in [0.2, 0.25) is 0 Å². The van der Waals surface area contributed by atoms with E-state index in [2.05, 4.69) is 0 Å². The van der Waals surface area contributed by atoms with Crippen LogP contribution in [-0.2, 0) is 10.0 Å². The molecule has 88 valence electrons. The van der Waals surface area contributed by atoms with Crippen LogP contribution in [0, 0.1) is 22.7 Å². The average molecular weight is 249 g/mol. The summed E-state index contributed by atoms with van der Waals surface area (Å²) >= 11 is 0. The molecule has 0 aliphatic carbocycles. The van der Waals surface area contributed by atoms with E-state index in [1.165, 1.54) is 38.2 Å². The Morgan fingerprint density at radius 3 is 2.18 bits per heavy atom. The first-order valence-corrected chi connectivity index (χ1v) is 6.25. The maximum Gasteiger partial charge on any atom is 0.244 e. The quantitative estimate of drug-likeness (QED) is 0.802. The lowest BCUT2D eigenvalue weighted by atomic mass is 10.2. The molecule has 1 aromatic carbocycles. The van der Waals surface area contributed by atoms with Crippen molar-refractivity contribution < 1.29 is 8.42 Å². The van der Waals surface area contributed by atoms with Crippen LogP contribution in [0.1, 0.15) is 12.5 Å². The number of rotatable bonds is 3. The van der Waals surface area contributed by atoms with Crippen molar-refractivity contribution in [3.8, 4) is 12.1 Å². The largest absolute Gasteiger partial charge is 0.244 e. The number of nitriles is 2. The molecule has 0 amide bonds. The zero-order valence-corrected chi connectivity index (χ0v) is 10.3. The number of sulfonamides is 1. The topological polar surface area (TPSA) is 85.0 Å². The molecule has 0 fully saturated rings. The Morgan fingerprint density at radius 1 is 1.24 bits per heavy atom. The third-order valence-corrected chi connectivity index (χ3v) is 4.34. The Kier molecular flexibility index (Phi) is 3.84. The maximum atomic E-state index is 12.0. The Balaban J connectivity index is 3.15. The summed E-state index contributed by atoms with van der Waals surface area (Å²) in [6, 6.07) is 8.59. The zero-order valence-electron chi connectivity index (χ0n) is 9.45. The van der Waals surface area contributed by atoms with Crippen LogP contribution in [0.4, 0.5) is 0 Å². The molecule has 0 aromatic heterocycles. The smallest absolute Gasteiger partial charge is 0.207 e. The van der Waals surface area contributed by atoms with Crippen LogP contribution in [0.3, 0.4) is 0 Å². The van der Waals surface area contributed by atoms with Gasteiger partial charge in [0.25, 0.3) is 0 Å². The minimum atomic E-state index is -3.67. The molecule has 0 bridgehead atoms. The predicted molar refractivity (Wildman–Crippen MR) is 61.2 cm³/mol. The maximum absolute atomic E-state index is 12.0. The summed E-state index contributed by atoms with van der Waals surface area (Å²) in [5, 5.41) is 17.3. The number of hydrogen-bond donors (Lipinski definition) is 0. The van der Waals surface area contributed by atoms with E-state index in [4.69, 9.17) is 10.5 Å². The second-order valence-electron chi connectivity index (χ2n) is 3.46. The fourth-order valence-electron chi connectivity index (χ4n) is 1.16. The van der Waals surface area contributed by atoms with Gasteiger partial charge in [0.15, 0.2) is 0 Å². The molecule has 1 rings (SSSR count). The fourth-order valence-corrected chi connectivity index (χ4v) is 2.43. The SMILES string of the molecule is CC(C#N)N(C)S(=O)(=O)c1ccc(C#N)cc1. The van der Waals surface area contributed by atoms with Gasteiger partial charge in [0.2, 0.25) is 10.0 Å². The van der Waals surface area contributed by atoms with Gasteiger partial charge in [-0.1, -0.05) is 0 Å². The van der Waals surface area contributed by atoms with Gasteiger partial charge < -0.3 is 0 Å². The van der Waals surface area contributed by atoms with Crippen LogP contribution < -0.4 is 0 Å². The van der Waals surface area contributed by atoms with E-state index >= 15 is 0 Å². The van der Waals surface area contributed by atoms with Crippen LogP contribution in [0.15, 0.2) is 29.2 Å². The van der Waals surface area contributed by atoms with E-state index in [0.29, 0.717) is 5.56 Å². The zero-order chi connectivity index (χ0) is 13.1. The van der Waals surface area contributed by atoms with Crippen molar-refractivity contribution in [3.05, 3.63) is 29.8 Å². The lowest BCUT2D eigenvalue weighted by molar-refractivity contribution is 0.442. The van der Waals surface area contributed by atoms with Crippen molar-refractivity contribution in [1.82, 2.24) is 4.31 Å². The molecule has 5 nitrogen and oxygen atoms in total. The molecule has 6 heteroatoms. The molecule has 1 unspecified atom stereocenters. The van der Waals surface area contributed by atoms with Crippen LogP contribution >= 0.6 is 0 Å². The van der Waals surface area contributed by atoms with Gasteiger partial charge in [-0.25, -0.2) is 8.42 Å². The van der Waals surface area contributed by atoms with E-state index in [0.717, 1.165) is 4.31 Å². The van der Waals surface area contributed by atoms with E-state index in [-0.39, 0.29) is 4.90 Å².